The first-order valence-corrected chi connectivity index (χ1v) is 7.32. The van der Waals surface area contributed by atoms with Gasteiger partial charge in [0.1, 0.15) is 11.8 Å². The average molecular weight is 359 g/mol. The van der Waals surface area contributed by atoms with Gasteiger partial charge in [0.05, 0.1) is 11.6 Å². The molecule has 0 heterocycles. The predicted molar refractivity (Wildman–Crippen MR) is 83.7 cm³/mol. The van der Waals surface area contributed by atoms with E-state index in [1.165, 1.54) is 7.11 Å². The molecule has 0 fully saturated rings. The molecule has 1 rings (SSSR count). The number of carboxylic acid groups (broad SMARTS) is 1. The van der Waals surface area contributed by atoms with E-state index in [9.17, 15) is 9.59 Å². The number of anilines is 1. The molecule has 0 saturated carbocycles. The molecule has 6 nitrogen and oxygen atoms in total. The molecule has 0 spiro atoms. The highest BCUT2D eigenvalue weighted by atomic mass is 79.9. The van der Waals surface area contributed by atoms with E-state index in [4.69, 9.17) is 9.84 Å². The van der Waals surface area contributed by atoms with Crippen molar-refractivity contribution in [1.29, 1.82) is 0 Å². The van der Waals surface area contributed by atoms with Gasteiger partial charge >= 0.3 is 12.0 Å². The van der Waals surface area contributed by atoms with Crippen LogP contribution in [0.3, 0.4) is 0 Å². The van der Waals surface area contributed by atoms with Crippen molar-refractivity contribution in [2.75, 3.05) is 12.4 Å². The molecule has 0 aliphatic heterocycles. The Bertz CT molecular complexity index is 522. The number of benzene rings is 1. The van der Waals surface area contributed by atoms with Crippen molar-refractivity contribution in [3.8, 4) is 5.75 Å². The number of aliphatic carboxylic acids is 1. The number of halogens is 1. The number of carboxylic acids is 1. The highest BCUT2D eigenvalue weighted by molar-refractivity contribution is 9.10. The summed E-state index contributed by atoms with van der Waals surface area (Å²) in [7, 11) is 1.52. The third-order valence-corrected chi connectivity index (χ3v) is 3.83. The van der Waals surface area contributed by atoms with Crippen molar-refractivity contribution < 1.29 is 19.4 Å². The average Bonchev–Trinajstić information content (AvgIpc) is 2.45. The third kappa shape index (κ3) is 4.93. The summed E-state index contributed by atoms with van der Waals surface area (Å²) in [5.41, 5.74) is 0.515. The van der Waals surface area contributed by atoms with Gasteiger partial charge < -0.3 is 20.5 Å². The van der Waals surface area contributed by atoms with Gasteiger partial charge in [-0.1, -0.05) is 20.3 Å². The number of urea groups is 1. The Morgan fingerprint density at radius 1 is 1.43 bits per heavy atom. The molecule has 3 N–H and O–H groups in total. The Morgan fingerprint density at radius 3 is 2.62 bits per heavy atom. The molecule has 0 radical (unpaired) electrons. The molecule has 7 heteroatoms. The maximum Gasteiger partial charge on any atom is 0.326 e. The molecular formula is C14H19BrN2O4. The fourth-order valence-electron chi connectivity index (χ4n) is 1.73. The lowest BCUT2D eigenvalue weighted by Gasteiger charge is -2.20. The predicted octanol–water partition coefficient (Wildman–Crippen LogP) is 3.08. The topological polar surface area (TPSA) is 87.7 Å². The minimum Gasteiger partial charge on any atom is -0.495 e. The van der Waals surface area contributed by atoms with Crippen LogP contribution in [0.1, 0.15) is 20.3 Å². The Hall–Kier alpha value is -1.76. The minimum atomic E-state index is -1.05. The van der Waals surface area contributed by atoms with E-state index in [1.54, 1.807) is 25.1 Å². The maximum atomic E-state index is 11.9. The summed E-state index contributed by atoms with van der Waals surface area (Å²) in [4.78, 5) is 23.1. The number of rotatable bonds is 6. The van der Waals surface area contributed by atoms with Crippen LogP contribution >= 0.6 is 15.9 Å². The van der Waals surface area contributed by atoms with Crippen LogP contribution in [0, 0.1) is 5.92 Å². The first-order chi connectivity index (χ1) is 9.88. The standard InChI is InChI=1S/C14H19BrN2O4/c1-4-8(2)12(13(18)19)17-14(20)16-9-5-6-10(15)11(7-9)21-3/h5-8,12H,4H2,1-3H3,(H,18,19)(H2,16,17,20)/t8-,12-/m0/s1. The van der Waals surface area contributed by atoms with E-state index in [2.05, 4.69) is 26.6 Å². The Labute approximate surface area is 132 Å². The smallest absolute Gasteiger partial charge is 0.326 e. The largest absolute Gasteiger partial charge is 0.495 e. The quantitative estimate of drug-likeness (QED) is 0.728. The van der Waals surface area contributed by atoms with Crippen LogP contribution in [0.2, 0.25) is 0 Å². The molecule has 0 bridgehead atoms. The summed E-state index contributed by atoms with van der Waals surface area (Å²) in [5.74, 6) is -0.634. The van der Waals surface area contributed by atoms with E-state index in [0.29, 0.717) is 17.9 Å². The van der Waals surface area contributed by atoms with Gasteiger partial charge in [-0.2, -0.15) is 0 Å². The van der Waals surface area contributed by atoms with E-state index in [-0.39, 0.29) is 5.92 Å². The fourth-order valence-corrected chi connectivity index (χ4v) is 2.14. The van der Waals surface area contributed by atoms with Gasteiger partial charge in [-0.25, -0.2) is 9.59 Å². The van der Waals surface area contributed by atoms with Gasteiger partial charge in [0.15, 0.2) is 0 Å². The molecule has 2 atom stereocenters. The summed E-state index contributed by atoms with van der Waals surface area (Å²) in [6.07, 6.45) is 0.656. The number of methoxy groups -OCH3 is 1. The van der Waals surface area contributed by atoms with Crippen LogP contribution in [0.15, 0.2) is 22.7 Å². The molecule has 0 aromatic heterocycles. The number of ether oxygens (including phenoxy) is 1. The minimum absolute atomic E-state index is 0.160. The second kappa shape index (κ2) is 7.87. The molecule has 21 heavy (non-hydrogen) atoms. The first kappa shape index (κ1) is 17.3. The fraction of sp³-hybridized carbons (Fsp3) is 0.429. The van der Waals surface area contributed by atoms with Crippen molar-refractivity contribution >= 4 is 33.6 Å². The van der Waals surface area contributed by atoms with Crippen molar-refractivity contribution in [2.24, 2.45) is 5.92 Å². The second-order valence-corrected chi connectivity index (χ2v) is 5.50. The number of hydrogen-bond acceptors (Lipinski definition) is 3. The Morgan fingerprint density at radius 2 is 2.10 bits per heavy atom. The molecule has 0 aliphatic rings. The first-order valence-electron chi connectivity index (χ1n) is 6.52. The van der Waals surface area contributed by atoms with Gasteiger partial charge in [0, 0.05) is 11.8 Å². The number of carbonyl (C=O) groups excluding carboxylic acids is 1. The molecule has 116 valence electrons. The highest BCUT2D eigenvalue weighted by Crippen LogP contribution is 2.27. The van der Waals surface area contributed by atoms with Gasteiger partial charge in [-0.3, -0.25) is 0 Å². The monoisotopic (exact) mass is 358 g/mol. The lowest BCUT2D eigenvalue weighted by Crippen LogP contribution is -2.46. The SMILES string of the molecule is CC[C@H](C)[C@H](NC(=O)Nc1ccc(Br)c(OC)c1)C(=O)O. The van der Waals surface area contributed by atoms with Crippen LogP contribution in [-0.4, -0.2) is 30.3 Å². The molecule has 2 amide bonds. The maximum absolute atomic E-state index is 11.9. The molecule has 0 saturated heterocycles. The summed E-state index contributed by atoms with van der Waals surface area (Å²) < 4.78 is 5.89. The van der Waals surface area contributed by atoms with Crippen LogP contribution in [0.25, 0.3) is 0 Å². The summed E-state index contributed by atoms with van der Waals surface area (Å²) in [6.45, 7) is 3.65. The van der Waals surface area contributed by atoms with Crippen molar-refractivity contribution in [1.82, 2.24) is 5.32 Å². The van der Waals surface area contributed by atoms with Crippen molar-refractivity contribution in [3.63, 3.8) is 0 Å². The Kier molecular flexibility index (Phi) is 6.48. The van der Waals surface area contributed by atoms with Crippen LogP contribution in [0.4, 0.5) is 10.5 Å². The van der Waals surface area contributed by atoms with Crippen molar-refractivity contribution in [3.05, 3.63) is 22.7 Å². The van der Waals surface area contributed by atoms with Gasteiger partial charge in [0.2, 0.25) is 0 Å². The molecule has 1 aromatic carbocycles. The van der Waals surface area contributed by atoms with E-state index < -0.39 is 18.0 Å². The van der Waals surface area contributed by atoms with Crippen LogP contribution < -0.4 is 15.4 Å². The van der Waals surface area contributed by atoms with E-state index in [0.717, 1.165) is 4.47 Å². The van der Waals surface area contributed by atoms with Gasteiger partial charge in [0.25, 0.3) is 0 Å². The highest BCUT2D eigenvalue weighted by Gasteiger charge is 2.25. The van der Waals surface area contributed by atoms with Crippen LogP contribution in [0.5, 0.6) is 5.75 Å². The van der Waals surface area contributed by atoms with E-state index >= 15 is 0 Å². The molecule has 0 aliphatic carbocycles. The Balaban J connectivity index is 2.74. The zero-order chi connectivity index (χ0) is 16.0. The van der Waals surface area contributed by atoms with E-state index in [1.807, 2.05) is 6.92 Å². The van der Waals surface area contributed by atoms with Crippen LogP contribution in [-0.2, 0) is 4.79 Å². The zero-order valence-electron chi connectivity index (χ0n) is 12.1. The van der Waals surface area contributed by atoms with Crippen molar-refractivity contribution in [2.45, 2.75) is 26.3 Å². The molecule has 0 unspecified atom stereocenters. The zero-order valence-corrected chi connectivity index (χ0v) is 13.7. The summed E-state index contributed by atoms with van der Waals surface area (Å²) in [5, 5.41) is 14.2. The lowest BCUT2D eigenvalue weighted by molar-refractivity contribution is -0.140. The number of hydrogen-bond donors (Lipinski definition) is 3. The number of carbonyl (C=O) groups is 2. The summed E-state index contributed by atoms with van der Waals surface area (Å²) in [6, 6.07) is 3.57. The summed E-state index contributed by atoms with van der Waals surface area (Å²) >= 11 is 3.31. The molecular weight excluding hydrogens is 340 g/mol. The second-order valence-electron chi connectivity index (χ2n) is 4.65. The van der Waals surface area contributed by atoms with Gasteiger partial charge in [-0.05, 0) is 34.0 Å². The normalized spacial score (nSPS) is 13.1. The number of amides is 2. The van der Waals surface area contributed by atoms with Gasteiger partial charge in [-0.15, -0.1) is 0 Å². The lowest BCUT2D eigenvalue weighted by atomic mass is 9.99. The third-order valence-electron chi connectivity index (χ3n) is 3.17. The molecule has 1 aromatic rings. The number of nitrogens with one attached hydrogen (secondary N) is 2.